The average Bonchev–Trinajstić information content (AvgIpc) is 2.46. The maximum atomic E-state index is 11.0. The Hall–Kier alpha value is -2.10. The third kappa shape index (κ3) is 5.06. The molecule has 9 heteroatoms. The van der Waals surface area contributed by atoms with Gasteiger partial charge in [0.1, 0.15) is 0 Å². The number of nitro benzene ring substituents is 2. The number of ether oxygens (including phenoxy) is 2. The zero-order valence-corrected chi connectivity index (χ0v) is 11.8. The minimum absolute atomic E-state index is 0.174. The molecule has 1 aromatic rings. The number of methoxy groups -OCH3 is 2. The summed E-state index contributed by atoms with van der Waals surface area (Å²) in [4.78, 5) is 20.3. The number of benzene rings is 1. The van der Waals surface area contributed by atoms with Gasteiger partial charge in [0.2, 0.25) is 0 Å². The van der Waals surface area contributed by atoms with Gasteiger partial charge in [-0.15, -0.1) is 0 Å². The molecule has 0 spiro atoms. The number of non-ortho nitro benzene ring substituents is 1. The molecule has 1 unspecified atom stereocenters. The van der Waals surface area contributed by atoms with Gasteiger partial charge in [0.05, 0.1) is 28.6 Å². The fourth-order valence-corrected chi connectivity index (χ4v) is 1.75. The number of nitro groups is 2. The lowest BCUT2D eigenvalue weighted by molar-refractivity contribution is -0.394. The van der Waals surface area contributed by atoms with Gasteiger partial charge in [-0.25, -0.2) is 0 Å². The molecule has 1 rings (SSSR count). The summed E-state index contributed by atoms with van der Waals surface area (Å²) in [6, 6.07) is 3.58. The van der Waals surface area contributed by atoms with E-state index in [4.69, 9.17) is 9.47 Å². The molecule has 0 aliphatic heterocycles. The third-order valence-corrected chi connectivity index (χ3v) is 2.85. The van der Waals surface area contributed by atoms with Gasteiger partial charge in [-0.2, -0.15) is 0 Å². The van der Waals surface area contributed by atoms with Crippen LogP contribution in [-0.2, 0) is 16.0 Å². The lowest BCUT2D eigenvalue weighted by atomic mass is 10.1. The Labute approximate surface area is 121 Å². The van der Waals surface area contributed by atoms with Crippen molar-refractivity contribution in [1.82, 2.24) is 5.32 Å². The van der Waals surface area contributed by atoms with Gasteiger partial charge in [-0.05, 0) is 6.07 Å². The smallest absolute Gasteiger partial charge is 0.280 e. The standard InChI is InChI=1S/C12H17N3O6/c1-20-8-11(21-2)7-13-6-9-3-4-10(14(16)17)5-12(9)15(18)19/h3-5,11,13H,6-8H2,1-2H3. The SMILES string of the molecule is COCC(CNCc1ccc([N+](=O)[O-])cc1[N+](=O)[O-])OC. The molecule has 116 valence electrons. The van der Waals surface area contributed by atoms with Crippen LogP contribution in [0.25, 0.3) is 0 Å². The predicted molar refractivity (Wildman–Crippen MR) is 74.1 cm³/mol. The summed E-state index contributed by atoms with van der Waals surface area (Å²) in [7, 11) is 3.09. The highest BCUT2D eigenvalue weighted by Gasteiger charge is 2.19. The lowest BCUT2D eigenvalue weighted by Crippen LogP contribution is -2.31. The Bertz CT molecular complexity index is 508. The van der Waals surface area contributed by atoms with Crippen LogP contribution in [0.3, 0.4) is 0 Å². The van der Waals surface area contributed by atoms with Crippen LogP contribution < -0.4 is 5.32 Å². The Balaban J connectivity index is 2.74. The molecule has 1 atom stereocenters. The second-order valence-corrected chi connectivity index (χ2v) is 4.27. The van der Waals surface area contributed by atoms with Gasteiger partial charge in [0, 0.05) is 38.9 Å². The first-order chi connectivity index (χ1) is 9.99. The summed E-state index contributed by atoms with van der Waals surface area (Å²) in [5, 5.41) is 24.6. The van der Waals surface area contributed by atoms with Crippen LogP contribution in [0.4, 0.5) is 11.4 Å². The summed E-state index contributed by atoms with van der Waals surface area (Å²) >= 11 is 0. The van der Waals surface area contributed by atoms with Crippen molar-refractivity contribution < 1.29 is 19.3 Å². The molecule has 9 nitrogen and oxygen atoms in total. The van der Waals surface area contributed by atoms with Gasteiger partial charge in [0.25, 0.3) is 11.4 Å². The Morgan fingerprint density at radius 3 is 2.48 bits per heavy atom. The quantitative estimate of drug-likeness (QED) is 0.538. The van der Waals surface area contributed by atoms with Crippen LogP contribution in [0, 0.1) is 20.2 Å². The van der Waals surface area contributed by atoms with Gasteiger partial charge in [-0.3, -0.25) is 20.2 Å². The van der Waals surface area contributed by atoms with Crippen molar-refractivity contribution in [3.05, 3.63) is 44.0 Å². The van der Waals surface area contributed by atoms with E-state index >= 15 is 0 Å². The van der Waals surface area contributed by atoms with E-state index in [1.54, 1.807) is 14.2 Å². The third-order valence-electron chi connectivity index (χ3n) is 2.85. The molecule has 0 heterocycles. The van der Waals surface area contributed by atoms with Crippen LogP contribution in [-0.4, -0.2) is 43.3 Å². The molecule has 0 bridgehead atoms. The van der Waals surface area contributed by atoms with Crippen LogP contribution in [0.15, 0.2) is 18.2 Å². The maximum Gasteiger partial charge on any atom is 0.280 e. The second kappa shape index (κ2) is 8.25. The van der Waals surface area contributed by atoms with E-state index in [2.05, 4.69) is 5.32 Å². The number of nitrogens with zero attached hydrogens (tertiary/aromatic N) is 2. The molecule has 0 radical (unpaired) electrons. The van der Waals surface area contributed by atoms with Crippen LogP contribution in [0.1, 0.15) is 5.56 Å². The first-order valence-corrected chi connectivity index (χ1v) is 6.13. The van der Waals surface area contributed by atoms with Crippen molar-refractivity contribution in [1.29, 1.82) is 0 Å². The van der Waals surface area contributed by atoms with Crippen LogP contribution in [0.2, 0.25) is 0 Å². The average molecular weight is 299 g/mol. The highest BCUT2D eigenvalue weighted by molar-refractivity contribution is 5.49. The van der Waals surface area contributed by atoms with Crippen LogP contribution >= 0.6 is 0 Å². The molecule has 0 aliphatic carbocycles. The first-order valence-electron chi connectivity index (χ1n) is 6.13. The largest absolute Gasteiger partial charge is 0.382 e. The molecular formula is C12H17N3O6. The van der Waals surface area contributed by atoms with Gasteiger partial charge in [-0.1, -0.05) is 0 Å². The molecule has 21 heavy (non-hydrogen) atoms. The summed E-state index contributed by atoms with van der Waals surface area (Å²) in [6.45, 7) is 1.04. The second-order valence-electron chi connectivity index (χ2n) is 4.27. The summed E-state index contributed by atoms with van der Waals surface area (Å²) in [5.41, 5.74) is -0.213. The maximum absolute atomic E-state index is 11.0. The molecule has 1 aromatic carbocycles. The van der Waals surface area contributed by atoms with Crippen molar-refractivity contribution in [2.24, 2.45) is 0 Å². The Morgan fingerprint density at radius 2 is 1.95 bits per heavy atom. The topological polar surface area (TPSA) is 117 Å². The highest BCUT2D eigenvalue weighted by atomic mass is 16.6. The number of hydrogen-bond donors (Lipinski definition) is 1. The highest BCUT2D eigenvalue weighted by Crippen LogP contribution is 2.24. The molecule has 0 aliphatic rings. The van der Waals surface area contributed by atoms with E-state index in [9.17, 15) is 20.2 Å². The normalized spacial score (nSPS) is 12.1. The zero-order valence-electron chi connectivity index (χ0n) is 11.8. The van der Waals surface area contributed by atoms with E-state index in [1.165, 1.54) is 12.1 Å². The van der Waals surface area contributed by atoms with Gasteiger partial charge in [0.15, 0.2) is 0 Å². The summed E-state index contributed by atoms with van der Waals surface area (Å²) < 4.78 is 10.1. The zero-order chi connectivity index (χ0) is 15.8. The van der Waals surface area contributed by atoms with Crippen molar-refractivity contribution in [2.75, 3.05) is 27.4 Å². The van der Waals surface area contributed by atoms with Crippen molar-refractivity contribution in [2.45, 2.75) is 12.6 Å². The molecule has 0 fully saturated rings. The molecule has 0 amide bonds. The molecule has 1 N–H and O–H groups in total. The Morgan fingerprint density at radius 1 is 1.24 bits per heavy atom. The Kier molecular flexibility index (Phi) is 6.66. The van der Waals surface area contributed by atoms with E-state index in [1.807, 2.05) is 0 Å². The number of nitrogens with one attached hydrogen (secondary N) is 1. The number of hydrogen-bond acceptors (Lipinski definition) is 7. The number of rotatable bonds is 9. The van der Waals surface area contributed by atoms with Crippen molar-refractivity contribution in [3.8, 4) is 0 Å². The van der Waals surface area contributed by atoms with E-state index in [0.29, 0.717) is 18.7 Å². The molecule has 0 saturated carbocycles. The van der Waals surface area contributed by atoms with E-state index < -0.39 is 9.85 Å². The van der Waals surface area contributed by atoms with Gasteiger partial charge < -0.3 is 14.8 Å². The molecular weight excluding hydrogens is 282 g/mol. The fraction of sp³-hybridized carbons (Fsp3) is 0.500. The monoisotopic (exact) mass is 299 g/mol. The minimum atomic E-state index is -0.663. The van der Waals surface area contributed by atoms with Crippen molar-refractivity contribution >= 4 is 11.4 Å². The van der Waals surface area contributed by atoms with Gasteiger partial charge >= 0.3 is 0 Å². The predicted octanol–water partition coefficient (Wildman–Crippen LogP) is 1.25. The van der Waals surface area contributed by atoms with E-state index in [-0.39, 0.29) is 24.0 Å². The van der Waals surface area contributed by atoms with Crippen molar-refractivity contribution in [3.63, 3.8) is 0 Å². The minimum Gasteiger partial charge on any atom is -0.382 e. The fourth-order valence-electron chi connectivity index (χ4n) is 1.75. The van der Waals surface area contributed by atoms with E-state index in [0.717, 1.165) is 6.07 Å². The lowest BCUT2D eigenvalue weighted by Gasteiger charge is -2.15. The molecule has 0 aromatic heterocycles. The first kappa shape index (κ1) is 17.0. The summed E-state index contributed by atoms with van der Waals surface area (Å²) in [6.07, 6.45) is -0.174. The molecule has 0 saturated heterocycles. The summed E-state index contributed by atoms with van der Waals surface area (Å²) in [5.74, 6) is 0. The van der Waals surface area contributed by atoms with Crippen LogP contribution in [0.5, 0.6) is 0 Å².